The zero-order chi connectivity index (χ0) is 17.9. The molecule has 3 aromatic rings. The predicted octanol–water partition coefficient (Wildman–Crippen LogP) is 4.15. The van der Waals surface area contributed by atoms with Crippen LogP contribution in [0.2, 0.25) is 0 Å². The van der Waals surface area contributed by atoms with Gasteiger partial charge in [-0.2, -0.15) is 5.26 Å². The molecule has 1 saturated heterocycles. The molecule has 1 aliphatic heterocycles. The molecule has 4 nitrogen and oxygen atoms in total. The molecular formula is C21H20N4S. The first-order valence-electron chi connectivity index (χ1n) is 8.73. The van der Waals surface area contributed by atoms with E-state index in [9.17, 15) is 5.26 Å². The fourth-order valence-electron chi connectivity index (χ4n) is 3.58. The Morgan fingerprint density at radius 2 is 1.58 bits per heavy atom. The Labute approximate surface area is 158 Å². The number of rotatable bonds is 3. The maximum atomic E-state index is 9.81. The number of aromatic nitrogens is 1. The van der Waals surface area contributed by atoms with Crippen molar-refractivity contribution in [2.75, 3.05) is 42.2 Å². The van der Waals surface area contributed by atoms with Gasteiger partial charge in [-0.25, -0.2) is 4.98 Å². The largest absolute Gasteiger partial charge is 0.368 e. The number of anilines is 2. The Morgan fingerprint density at radius 3 is 2.27 bits per heavy atom. The minimum atomic E-state index is 0.698. The molecule has 5 heteroatoms. The van der Waals surface area contributed by atoms with Crippen LogP contribution >= 0.6 is 11.8 Å². The Kier molecular flexibility index (Phi) is 4.68. The molecule has 0 unspecified atom stereocenters. The van der Waals surface area contributed by atoms with Crippen molar-refractivity contribution in [2.24, 2.45) is 0 Å². The second kappa shape index (κ2) is 7.27. The Hall–Kier alpha value is -2.71. The van der Waals surface area contributed by atoms with Gasteiger partial charge in [-0.05, 0) is 24.5 Å². The highest BCUT2D eigenvalue weighted by Crippen LogP contribution is 2.35. The molecule has 0 radical (unpaired) electrons. The summed E-state index contributed by atoms with van der Waals surface area (Å²) in [6.07, 6.45) is 1.98. The summed E-state index contributed by atoms with van der Waals surface area (Å²) in [6, 6.07) is 21.1. The zero-order valence-electron chi connectivity index (χ0n) is 14.7. The molecule has 1 aliphatic rings. The summed E-state index contributed by atoms with van der Waals surface area (Å²) in [4.78, 5) is 9.44. The van der Waals surface area contributed by atoms with Gasteiger partial charge in [-0.1, -0.05) is 36.4 Å². The second-order valence-corrected chi connectivity index (χ2v) is 7.08. The third-order valence-electron chi connectivity index (χ3n) is 4.85. The topological polar surface area (TPSA) is 43.2 Å². The van der Waals surface area contributed by atoms with E-state index >= 15 is 0 Å². The fraction of sp³-hybridized carbons (Fsp3) is 0.238. The van der Waals surface area contributed by atoms with E-state index in [-0.39, 0.29) is 0 Å². The predicted molar refractivity (Wildman–Crippen MR) is 109 cm³/mol. The molecule has 0 amide bonds. The minimum absolute atomic E-state index is 0.698. The number of hydrogen-bond acceptors (Lipinski definition) is 5. The maximum absolute atomic E-state index is 9.81. The lowest BCUT2D eigenvalue weighted by atomic mass is 10.1. The van der Waals surface area contributed by atoms with Crippen molar-refractivity contribution in [3.8, 4) is 6.07 Å². The van der Waals surface area contributed by atoms with Gasteiger partial charge in [0.2, 0.25) is 0 Å². The first kappa shape index (κ1) is 16.7. The highest BCUT2D eigenvalue weighted by atomic mass is 32.2. The minimum Gasteiger partial charge on any atom is -0.368 e. The number of piperazine rings is 1. The smallest absolute Gasteiger partial charge is 0.116 e. The van der Waals surface area contributed by atoms with Crippen molar-refractivity contribution < 1.29 is 0 Å². The van der Waals surface area contributed by atoms with Crippen molar-refractivity contribution >= 4 is 34.0 Å². The van der Waals surface area contributed by atoms with Crippen LogP contribution in [-0.2, 0) is 0 Å². The number of nitriles is 1. The van der Waals surface area contributed by atoms with Crippen molar-refractivity contribution in [1.82, 2.24) is 4.98 Å². The molecule has 130 valence electrons. The van der Waals surface area contributed by atoms with Gasteiger partial charge in [0.15, 0.2) is 0 Å². The van der Waals surface area contributed by atoms with Crippen molar-refractivity contribution in [3.05, 3.63) is 60.2 Å². The lowest BCUT2D eigenvalue weighted by molar-refractivity contribution is 0.654. The first-order chi connectivity index (χ1) is 12.8. The van der Waals surface area contributed by atoms with E-state index in [0.29, 0.717) is 5.56 Å². The van der Waals surface area contributed by atoms with Crippen LogP contribution in [0.25, 0.3) is 10.9 Å². The lowest BCUT2D eigenvalue weighted by Gasteiger charge is -2.38. The number of hydrogen-bond donors (Lipinski definition) is 0. The molecule has 2 heterocycles. The van der Waals surface area contributed by atoms with Gasteiger partial charge >= 0.3 is 0 Å². The van der Waals surface area contributed by atoms with Crippen LogP contribution in [0.5, 0.6) is 0 Å². The van der Waals surface area contributed by atoms with Gasteiger partial charge in [0.1, 0.15) is 16.7 Å². The quantitative estimate of drug-likeness (QED) is 0.656. The second-order valence-electron chi connectivity index (χ2n) is 6.28. The lowest BCUT2D eigenvalue weighted by Crippen LogP contribution is -2.46. The standard InChI is InChI=1S/C21H20N4S/c1-26-21-18(15-22)20(17-9-5-6-10-19(17)23-21)25-13-11-24(12-14-25)16-7-3-2-4-8-16/h2-10H,11-14H2,1H3. The molecule has 0 spiro atoms. The molecule has 1 fully saturated rings. The SMILES string of the molecule is CSc1nc2ccccc2c(N2CCN(c3ccccc3)CC2)c1C#N. The van der Waals surface area contributed by atoms with Crippen LogP contribution in [0.15, 0.2) is 59.6 Å². The van der Waals surface area contributed by atoms with E-state index in [4.69, 9.17) is 0 Å². The van der Waals surface area contributed by atoms with Gasteiger partial charge < -0.3 is 9.80 Å². The van der Waals surface area contributed by atoms with E-state index < -0.39 is 0 Å². The van der Waals surface area contributed by atoms with Crippen LogP contribution in [0.3, 0.4) is 0 Å². The van der Waals surface area contributed by atoms with Crippen LogP contribution in [0, 0.1) is 11.3 Å². The van der Waals surface area contributed by atoms with Gasteiger partial charge in [0.25, 0.3) is 0 Å². The normalized spacial score (nSPS) is 14.5. The van der Waals surface area contributed by atoms with Gasteiger partial charge in [0.05, 0.1) is 11.2 Å². The van der Waals surface area contributed by atoms with Crippen molar-refractivity contribution in [1.29, 1.82) is 5.26 Å². The summed E-state index contributed by atoms with van der Waals surface area (Å²) in [5.74, 6) is 0. The molecule has 0 atom stereocenters. The van der Waals surface area contributed by atoms with Crippen LogP contribution in [0.4, 0.5) is 11.4 Å². The van der Waals surface area contributed by atoms with E-state index in [1.807, 2.05) is 30.5 Å². The molecule has 2 aromatic carbocycles. The van der Waals surface area contributed by atoms with Crippen molar-refractivity contribution in [2.45, 2.75) is 5.03 Å². The first-order valence-corrected chi connectivity index (χ1v) is 9.96. The number of benzene rings is 2. The molecule has 1 aromatic heterocycles. The monoisotopic (exact) mass is 360 g/mol. The number of nitrogens with zero attached hydrogens (tertiary/aromatic N) is 4. The average molecular weight is 360 g/mol. The summed E-state index contributed by atoms with van der Waals surface area (Å²) in [6.45, 7) is 3.68. The molecule has 0 saturated carbocycles. The summed E-state index contributed by atoms with van der Waals surface area (Å²) in [5, 5.41) is 11.7. The van der Waals surface area contributed by atoms with Gasteiger partial charge in [-0.3, -0.25) is 0 Å². The average Bonchev–Trinajstić information content (AvgIpc) is 2.73. The molecule has 26 heavy (non-hydrogen) atoms. The molecule has 0 bridgehead atoms. The summed E-state index contributed by atoms with van der Waals surface area (Å²) in [7, 11) is 0. The van der Waals surface area contributed by atoms with E-state index in [2.05, 4.69) is 51.2 Å². The third-order valence-corrected chi connectivity index (χ3v) is 5.54. The fourth-order valence-corrected chi connectivity index (χ4v) is 4.11. The summed E-state index contributed by atoms with van der Waals surface area (Å²) < 4.78 is 0. The summed E-state index contributed by atoms with van der Waals surface area (Å²) in [5.41, 5.74) is 3.95. The Balaban J connectivity index is 1.70. The zero-order valence-corrected chi connectivity index (χ0v) is 15.5. The van der Waals surface area contributed by atoms with E-state index in [1.165, 1.54) is 17.4 Å². The number of pyridine rings is 1. The number of fused-ring (bicyclic) bond motifs is 1. The van der Waals surface area contributed by atoms with E-state index in [1.54, 1.807) is 0 Å². The molecule has 0 aliphatic carbocycles. The van der Waals surface area contributed by atoms with Crippen LogP contribution in [0.1, 0.15) is 5.56 Å². The van der Waals surface area contributed by atoms with Gasteiger partial charge in [0, 0.05) is 37.3 Å². The Morgan fingerprint density at radius 1 is 0.923 bits per heavy atom. The number of thioether (sulfide) groups is 1. The van der Waals surface area contributed by atoms with Gasteiger partial charge in [-0.15, -0.1) is 11.8 Å². The molecule has 4 rings (SSSR count). The highest BCUT2D eigenvalue weighted by Gasteiger charge is 2.23. The highest BCUT2D eigenvalue weighted by molar-refractivity contribution is 7.98. The van der Waals surface area contributed by atoms with Crippen molar-refractivity contribution in [3.63, 3.8) is 0 Å². The van der Waals surface area contributed by atoms with E-state index in [0.717, 1.165) is 47.8 Å². The molecular weight excluding hydrogens is 340 g/mol. The van der Waals surface area contributed by atoms with Crippen LogP contribution in [-0.4, -0.2) is 37.4 Å². The number of para-hydroxylation sites is 2. The third kappa shape index (κ3) is 2.97. The Bertz CT molecular complexity index is 957. The van der Waals surface area contributed by atoms with Crippen LogP contribution < -0.4 is 9.80 Å². The maximum Gasteiger partial charge on any atom is 0.116 e. The summed E-state index contributed by atoms with van der Waals surface area (Å²) >= 11 is 1.54. The molecule has 0 N–H and O–H groups in total.